The van der Waals surface area contributed by atoms with Gasteiger partial charge in [0.25, 0.3) is 5.56 Å². The number of nitrogens with zero attached hydrogens (tertiary/aromatic N) is 4. The maximum atomic E-state index is 12.8. The van der Waals surface area contributed by atoms with E-state index in [-0.39, 0.29) is 24.6 Å². The van der Waals surface area contributed by atoms with E-state index in [0.717, 1.165) is 29.0 Å². The van der Waals surface area contributed by atoms with Gasteiger partial charge < -0.3 is 4.90 Å². The minimum absolute atomic E-state index is 0.0585. The topological polar surface area (TPSA) is 59.6 Å². The van der Waals surface area contributed by atoms with Crippen LogP contribution >= 0.6 is 0 Å². The second-order valence-corrected chi connectivity index (χ2v) is 7.46. The number of piperidine rings is 1. The van der Waals surface area contributed by atoms with Crippen LogP contribution in [0.15, 0.2) is 23.0 Å². The fraction of sp³-hybridized carbons (Fsp3) is 0.526. The Morgan fingerprint density at radius 3 is 2.64 bits per heavy atom. The van der Waals surface area contributed by atoms with Gasteiger partial charge in [-0.2, -0.15) is 13.2 Å². The fourth-order valence-corrected chi connectivity index (χ4v) is 4.24. The van der Waals surface area contributed by atoms with Gasteiger partial charge in [0, 0.05) is 19.6 Å². The third-order valence-electron chi connectivity index (χ3n) is 5.66. The van der Waals surface area contributed by atoms with Crippen molar-refractivity contribution in [1.29, 1.82) is 0 Å². The zero-order chi connectivity index (χ0) is 20.1. The van der Waals surface area contributed by atoms with Crippen molar-refractivity contribution in [3.8, 4) is 0 Å². The highest BCUT2D eigenvalue weighted by atomic mass is 19.4. The molecule has 1 aliphatic heterocycles. The van der Waals surface area contributed by atoms with E-state index in [1.54, 1.807) is 4.57 Å². The Labute approximate surface area is 158 Å². The van der Waals surface area contributed by atoms with Crippen molar-refractivity contribution < 1.29 is 18.0 Å². The number of amides is 1. The van der Waals surface area contributed by atoms with Crippen LogP contribution in [0.25, 0.3) is 16.8 Å². The number of carbonyl (C=O) groups is 1. The summed E-state index contributed by atoms with van der Waals surface area (Å²) < 4.78 is 41.2. The number of hydrogen-bond donors (Lipinski definition) is 0. The first-order chi connectivity index (χ1) is 13.3. The molecular weight excluding hydrogens is 373 g/mol. The molecule has 1 fully saturated rings. The number of aromatic nitrogens is 3. The average molecular weight is 394 g/mol. The molecule has 4 rings (SSSR count). The molecule has 1 amide bonds. The number of carbonyl (C=O) groups excluding carboxylic acids is 1. The van der Waals surface area contributed by atoms with Crippen LogP contribution in [-0.2, 0) is 11.3 Å². The van der Waals surface area contributed by atoms with Crippen LogP contribution in [0.2, 0.25) is 0 Å². The Hall–Kier alpha value is -2.58. The van der Waals surface area contributed by atoms with Gasteiger partial charge in [0.2, 0.25) is 0 Å². The molecule has 0 bridgehead atoms. The Morgan fingerprint density at radius 1 is 1.25 bits per heavy atom. The van der Waals surface area contributed by atoms with Gasteiger partial charge in [-0.25, -0.2) is 4.98 Å². The van der Waals surface area contributed by atoms with Crippen molar-refractivity contribution >= 4 is 22.7 Å². The SMILES string of the molecule is Cc1nc2cccc3n(CCCC4CCN(C(=O)C(F)(F)F)CC4)c(=O)c1n23. The summed E-state index contributed by atoms with van der Waals surface area (Å²) in [6.07, 6.45) is -2.09. The minimum Gasteiger partial charge on any atom is -0.335 e. The fourth-order valence-electron chi connectivity index (χ4n) is 4.24. The number of pyridine rings is 1. The van der Waals surface area contributed by atoms with E-state index < -0.39 is 12.1 Å². The lowest BCUT2D eigenvalue weighted by atomic mass is 9.92. The van der Waals surface area contributed by atoms with E-state index >= 15 is 0 Å². The maximum absolute atomic E-state index is 12.8. The van der Waals surface area contributed by atoms with Crippen LogP contribution in [0.4, 0.5) is 13.2 Å². The van der Waals surface area contributed by atoms with Gasteiger partial charge in [0.15, 0.2) is 0 Å². The molecule has 1 saturated heterocycles. The number of likely N-dealkylation sites (tertiary alicyclic amines) is 1. The Morgan fingerprint density at radius 2 is 1.96 bits per heavy atom. The third-order valence-corrected chi connectivity index (χ3v) is 5.66. The van der Waals surface area contributed by atoms with Gasteiger partial charge in [-0.1, -0.05) is 6.07 Å². The smallest absolute Gasteiger partial charge is 0.335 e. The van der Waals surface area contributed by atoms with E-state index in [9.17, 15) is 22.8 Å². The predicted octanol–water partition coefficient (Wildman–Crippen LogP) is 2.98. The highest BCUT2D eigenvalue weighted by Gasteiger charge is 2.43. The quantitative estimate of drug-likeness (QED) is 0.684. The summed E-state index contributed by atoms with van der Waals surface area (Å²) in [6, 6.07) is 5.64. The first-order valence-corrected chi connectivity index (χ1v) is 9.43. The van der Waals surface area contributed by atoms with Crippen molar-refractivity contribution in [2.24, 2.45) is 5.92 Å². The normalized spacial score (nSPS) is 16.5. The largest absolute Gasteiger partial charge is 0.471 e. The maximum Gasteiger partial charge on any atom is 0.471 e. The molecule has 0 atom stereocenters. The lowest BCUT2D eigenvalue weighted by Gasteiger charge is -2.32. The van der Waals surface area contributed by atoms with E-state index in [1.165, 1.54) is 0 Å². The van der Waals surface area contributed by atoms with E-state index in [1.807, 2.05) is 29.5 Å². The van der Waals surface area contributed by atoms with Gasteiger partial charge in [-0.15, -0.1) is 0 Å². The van der Waals surface area contributed by atoms with Crippen LogP contribution in [0.1, 0.15) is 31.4 Å². The van der Waals surface area contributed by atoms with E-state index in [0.29, 0.717) is 30.6 Å². The summed E-state index contributed by atoms with van der Waals surface area (Å²) in [5, 5.41) is 0. The number of imidazole rings is 2. The third kappa shape index (κ3) is 3.12. The lowest BCUT2D eigenvalue weighted by Crippen LogP contribution is -2.45. The highest BCUT2D eigenvalue weighted by molar-refractivity contribution is 5.81. The second kappa shape index (κ2) is 6.79. The Balaban J connectivity index is 1.38. The van der Waals surface area contributed by atoms with Crippen LogP contribution in [-0.4, -0.2) is 44.0 Å². The Bertz CT molecular complexity index is 1060. The zero-order valence-corrected chi connectivity index (χ0v) is 15.5. The van der Waals surface area contributed by atoms with E-state index in [4.69, 9.17) is 0 Å². The molecule has 0 unspecified atom stereocenters. The van der Waals surface area contributed by atoms with Crippen LogP contribution in [0.5, 0.6) is 0 Å². The van der Waals surface area contributed by atoms with Crippen LogP contribution in [0.3, 0.4) is 0 Å². The summed E-state index contributed by atoms with van der Waals surface area (Å²) in [7, 11) is 0. The van der Waals surface area contributed by atoms with E-state index in [2.05, 4.69) is 4.98 Å². The van der Waals surface area contributed by atoms with Gasteiger partial charge in [-0.05, 0) is 50.7 Å². The first kappa shape index (κ1) is 18.8. The molecule has 0 N–H and O–H groups in total. The molecule has 9 heteroatoms. The molecule has 6 nitrogen and oxygen atoms in total. The number of aryl methyl sites for hydroxylation is 2. The van der Waals surface area contributed by atoms with Crippen molar-refractivity contribution in [3.05, 3.63) is 34.2 Å². The monoisotopic (exact) mass is 394 g/mol. The first-order valence-electron chi connectivity index (χ1n) is 9.43. The number of alkyl halides is 3. The molecule has 0 aliphatic carbocycles. The predicted molar refractivity (Wildman–Crippen MR) is 97.5 cm³/mol. The molecule has 0 spiro atoms. The number of rotatable bonds is 4. The van der Waals surface area contributed by atoms with Gasteiger partial charge in [-0.3, -0.25) is 18.6 Å². The number of hydrogen-bond acceptors (Lipinski definition) is 3. The molecule has 1 aliphatic rings. The molecule has 28 heavy (non-hydrogen) atoms. The summed E-state index contributed by atoms with van der Waals surface area (Å²) in [4.78, 5) is 29.4. The molecule has 0 aromatic carbocycles. The second-order valence-electron chi connectivity index (χ2n) is 7.46. The number of halogens is 3. The van der Waals surface area contributed by atoms with Crippen LogP contribution in [0, 0.1) is 12.8 Å². The lowest BCUT2D eigenvalue weighted by molar-refractivity contribution is -0.186. The van der Waals surface area contributed by atoms with Crippen molar-refractivity contribution in [2.45, 2.75) is 45.3 Å². The molecule has 3 aromatic rings. The van der Waals surface area contributed by atoms with Crippen LogP contribution < -0.4 is 5.56 Å². The molecule has 0 saturated carbocycles. The molecule has 150 valence electrons. The summed E-state index contributed by atoms with van der Waals surface area (Å²) in [5.74, 6) is -1.47. The molecule has 0 radical (unpaired) electrons. The van der Waals surface area contributed by atoms with Gasteiger partial charge in [0.05, 0.1) is 5.69 Å². The standard InChI is InChI=1S/C19H21F3N4O2/c1-12-16-17(27)25(15-6-2-5-14(23-12)26(15)16)9-3-4-13-7-10-24(11-8-13)18(28)19(20,21)22/h2,5-6,13H,3-4,7-11H2,1H3. The van der Waals surface area contributed by atoms with Crippen molar-refractivity contribution in [3.63, 3.8) is 0 Å². The summed E-state index contributed by atoms with van der Waals surface area (Å²) in [5.41, 5.74) is 2.81. The van der Waals surface area contributed by atoms with Crippen molar-refractivity contribution in [1.82, 2.24) is 18.9 Å². The Kier molecular flexibility index (Phi) is 4.55. The summed E-state index contributed by atoms with van der Waals surface area (Å²) in [6.45, 7) is 2.66. The molecule has 4 heterocycles. The molecular formula is C19H21F3N4O2. The van der Waals surface area contributed by atoms with Gasteiger partial charge >= 0.3 is 12.1 Å². The van der Waals surface area contributed by atoms with Gasteiger partial charge in [0.1, 0.15) is 16.8 Å². The zero-order valence-electron chi connectivity index (χ0n) is 15.5. The minimum atomic E-state index is -4.80. The molecule has 3 aromatic heterocycles. The highest BCUT2D eigenvalue weighted by Crippen LogP contribution is 2.26. The summed E-state index contributed by atoms with van der Waals surface area (Å²) >= 11 is 0. The van der Waals surface area contributed by atoms with Crippen molar-refractivity contribution in [2.75, 3.05) is 13.1 Å². The average Bonchev–Trinajstić information content (AvgIpc) is 3.14.